The quantitative estimate of drug-likeness (QED) is 0.236. The molecule has 0 saturated heterocycles. The van der Waals surface area contributed by atoms with E-state index in [-0.39, 0.29) is 0 Å². The molecule has 0 fully saturated rings. The van der Waals surface area contributed by atoms with E-state index in [4.69, 9.17) is 36.7 Å². The SMILES string of the molecule is COC(=S)SC.CSC(=S)N(C)C.CSC(=S)SC.CSC(=S)SC.CSC(C)=S. The third-order valence-corrected chi connectivity index (χ3v) is 11.0. The molecule has 2 nitrogen and oxygen atoms in total. The molecule has 0 aromatic heterocycles. The van der Waals surface area contributed by atoms with Gasteiger partial charge in [-0.1, -0.05) is 60.6 Å². The lowest BCUT2D eigenvalue weighted by Gasteiger charge is -2.08. The smallest absolute Gasteiger partial charge is 0.219 e. The summed E-state index contributed by atoms with van der Waals surface area (Å²) >= 11 is 34.8. The lowest BCUT2D eigenvalue weighted by atomic mass is 11.0. The number of thioether (sulfide) groups is 7. The molecule has 0 amide bonds. The zero-order chi connectivity index (χ0) is 25.1. The summed E-state index contributed by atoms with van der Waals surface area (Å²) in [6.45, 7) is 1.92. The number of ether oxygens (including phenoxy) is 1. The van der Waals surface area contributed by atoms with Gasteiger partial charge in [-0.25, -0.2) is 0 Å². The topological polar surface area (TPSA) is 12.5 Å². The Bertz CT molecular complexity index is 401. The maximum absolute atomic E-state index is 4.87. The molecule has 0 rings (SSSR count). The van der Waals surface area contributed by atoms with E-state index in [1.54, 1.807) is 77.7 Å². The first-order valence-corrected chi connectivity index (χ1v) is 18.2. The fourth-order valence-electron chi connectivity index (χ4n) is 0.433. The molecular formula is C16H33NOS12. The van der Waals surface area contributed by atoms with Crippen LogP contribution in [0.2, 0.25) is 0 Å². The van der Waals surface area contributed by atoms with E-state index < -0.39 is 0 Å². The van der Waals surface area contributed by atoms with Crippen molar-refractivity contribution in [2.24, 2.45) is 0 Å². The molecule has 30 heavy (non-hydrogen) atoms. The zero-order valence-electron chi connectivity index (χ0n) is 19.3. The van der Waals surface area contributed by atoms with Crippen molar-refractivity contribution >= 4 is 163 Å². The maximum atomic E-state index is 4.87. The molecule has 0 aromatic rings. The van der Waals surface area contributed by atoms with Crippen molar-refractivity contribution in [1.82, 2.24) is 4.90 Å². The highest BCUT2D eigenvalue weighted by Crippen LogP contribution is 2.09. The Morgan fingerprint density at radius 1 is 0.600 bits per heavy atom. The molecule has 0 saturated carbocycles. The van der Waals surface area contributed by atoms with Crippen LogP contribution in [0.5, 0.6) is 0 Å². The van der Waals surface area contributed by atoms with E-state index in [1.807, 2.05) is 69.7 Å². The number of hydrogen-bond donors (Lipinski definition) is 0. The van der Waals surface area contributed by atoms with Crippen LogP contribution in [0.25, 0.3) is 0 Å². The Labute approximate surface area is 242 Å². The van der Waals surface area contributed by atoms with E-state index in [9.17, 15) is 0 Å². The summed E-state index contributed by atoms with van der Waals surface area (Å²) in [6, 6.07) is 0. The molecule has 0 bridgehead atoms. The molecule has 0 radical (unpaired) electrons. The number of hydrogen-bond acceptors (Lipinski definition) is 13. The minimum Gasteiger partial charge on any atom is -0.482 e. The monoisotopic (exact) mass is 639 g/mol. The fourth-order valence-corrected chi connectivity index (χ4v) is 2.30. The molecule has 0 spiro atoms. The molecule has 0 aliphatic heterocycles. The third kappa shape index (κ3) is 52.4. The van der Waals surface area contributed by atoms with Crippen LogP contribution in [0.1, 0.15) is 6.92 Å². The Balaban J connectivity index is -0.0000000872. The number of thiocarbonyl (C=S) groups is 5. The first kappa shape index (κ1) is 42.6. The summed E-state index contributed by atoms with van der Waals surface area (Å²) < 4.78 is 9.14. The summed E-state index contributed by atoms with van der Waals surface area (Å²) in [6.07, 6.45) is 13.8. The van der Waals surface area contributed by atoms with E-state index in [2.05, 4.69) is 29.2 Å². The van der Waals surface area contributed by atoms with Gasteiger partial charge in [0.1, 0.15) is 11.4 Å². The van der Waals surface area contributed by atoms with Crippen LogP contribution in [-0.2, 0) is 4.74 Å². The van der Waals surface area contributed by atoms with Gasteiger partial charge in [0.15, 0.2) is 0 Å². The van der Waals surface area contributed by atoms with Gasteiger partial charge in [0, 0.05) is 18.3 Å². The minimum atomic E-state index is 0.593. The molecule has 0 unspecified atom stereocenters. The van der Waals surface area contributed by atoms with Crippen molar-refractivity contribution in [3.05, 3.63) is 0 Å². The second-order valence-corrected chi connectivity index (χ2v) is 14.4. The Morgan fingerprint density at radius 3 is 0.900 bits per heavy atom. The lowest BCUT2D eigenvalue weighted by Crippen LogP contribution is -2.15. The molecule has 0 aromatic carbocycles. The predicted molar refractivity (Wildman–Crippen MR) is 184 cm³/mol. The van der Waals surface area contributed by atoms with Gasteiger partial charge < -0.3 is 9.64 Å². The summed E-state index contributed by atoms with van der Waals surface area (Å²) in [7, 11) is 5.45. The molecule has 0 heterocycles. The summed E-state index contributed by atoms with van der Waals surface area (Å²) in [5, 5.41) is 0. The lowest BCUT2D eigenvalue weighted by molar-refractivity contribution is 0.426. The predicted octanol–water partition coefficient (Wildman–Crippen LogP) is 8.17. The van der Waals surface area contributed by atoms with Crippen molar-refractivity contribution < 1.29 is 4.74 Å². The Hall–Kier alpha value is 2.50. The largest absolute Gasteiger partial charge is 0.482 e. The second-order valence-electron chi connectivity index (χ2n) is 4.03. The highest BCUT2D eigenvalue weighted by molar-refractivity contribution is 8.47. The van der Waals surface area contributed by atoms with Gasteiger partial charge in [0.2, 0.25) is 4.38 Å². The number of methoxy groups -OCH3 is 1. The van der Waals surface area contributed by atoms with E-state index in [1.165, 1.54) is 11.8 Å². The van der Waals surface area contributed by atoms with Crippen LogP contribution in [0.4, 0.5) is 0 Å². The van der Waals surface area contributed by atoms with Crippen molar-refractivity contribution in [2.75, 3.05) is 65.0 Å². The molecular weight excluding hydrogens is 607 g/mol. The molecule has 0 N–H and O–H groups in total. The van der Waals surface area contributed by atoms with Crippen molar-refractivity contribution in [2.45, 2.75) is 6.92 Å². The normalized spacial score (nSPS) is 8.10. The zero-order valence-corrected chi connectivity index (χ0v) is 29.1. The van der Waals surface area contributed by atoms with E-state index in [0.29, 0.717) is 4.38 Å². The summed E-state index contributed by atoms with van der Waals surface area (Å²) in [5.41, 5.74) is 0. The van der Waals surface area contributed by atoms with Gasteiger partial charge in [-0.15, -0.1) is 70.6 Å². The van der Waals surface area contributed by atoms with Crippen LogP contribution in [0, 0.1) is 0 Å². The van der Waals surface area contributed by atoms with Gasteiger partial charge in [0.25, 0.3) is 0 Å². The van der Waals surface area contributed by atoms with Gasteiger partial charge in [-0.2, -0.15) is 0 Å². The molecule has 0 aliphatic rings. The molecule has 0 atom stereocenters. The van der Waals surface area contributed by atoms with E-state index in [0.717, 1.165) is 15.6 Å². The Kier molecular flexibility index (Phi) is 51.3. The first-order chi connectivity index (χ1) is 13.9. The van der Waals surface area contributed by atoms with Crippen LogP contribution in [0.15, 0.2) is 0 Å². The van der Waals surface area contributed by atoms with Crippen molar-refractivity contribution in [1.29, 1.82) is 0 Å². The average Bonchev–Trinajstić information content (AvgIpc) is 2.77. The standard InChI is InChI=1S/C4H9NS2.C3H6OS2.2C3H6S3.C3H6S2/c1-5(2)4(6)7-3;1-4-3(5)6-2;2*1-5-3(4)6-2;1-3(4)5-2/h1-3H3;3*1-2H3;1-2H3. The van der Waals surface area contributed by atoms with Gasteiger partial charge >= 0.3 is 0 Å². The van der Waals surface area contributed by atoms with Crippen LogP contribution < -0.4 is 0 Å². The summed E-state index contributed by atoms with van der Waals surface area (Å²) in [4.78, 5) is 1.92. The Morgan fingerprint density at radius 2 is 0.900 bits per heavy atom. The number of rotatable bonds is 0. The van der Waals surface area contributed by atoms with Gasteiger partial charge in [-0.05, 0) is 62.9 Å². The van der Waals surface area contributed by atoms with Crippen molar-refractivity contribution in [3.63, 3.8) is 0 Å². The average molecular weight is 640 g/mol. The van der Waals surface area contributed by atoms with E-state index >= 15 is 0 Å². The maximum Gasteiger partial charge on any atom is 0.219 e. The van der Waals surface area contributed by atoms with Gasteiger partial charge in [0.05, 0.1) is 7.11 Å². The highest BCUT2D eigenvalue weighted by atomic mass is 32.2. The van der Waals surface area contributed by atoms with Crippen LogP contribution in [-0.4, -0.2) is 89.9 Å². The minimum absolute atomic E-state index is 0.593. The molecule has 180 valence electrons. The van der Waals surface area contributed by atoms with Crippen LogP contribution >= 0.6 is 143 Å². The number of nitrogens with zero attached hydrogens (tertiary/aromatic N) is 1. The van der Waals surface area contributed by atoms with Gasteiger partial charge in [-0.3, -0.25) is 0 Å². The molecule has 14 heteroatoms. The van der Waals surface area contributed by atoms with Crippen molar-refractivity contribution in [3.8, 4) is 0 Å². The third-order valence-electron chi connectivity index (χ3n) is 1.83. The fraction of sp³-hybridized carbons (Fsp3) is 0.688. The highest BCUT2D eigenvalue weighted by Gasteiger charge is 1.90. The summed E-state index contributed by atoms with van der Waals surface area (Å²) in [5.74, 6) is 0. The molecule has 0 aliphatic carbocycles. The van der Waals surface area contributed by atoms with Crippen LogP contribution in [0.3, 0.4) is 0 Å². The second kappa shape index (κ2) is 36.1. The first-order valence-electron chi connectivity index (χ1n) is 7.54.